The van der Waals surface area contributed by atoms with Gasteiger partial charge in [-0.1, -0.05) is 0 Å². The SMILES string of the molecule is O=C(OCCOCCOC(=O)c1ccc2c(c1)C(=O)OC2=O)c1ccc2c(c1)C(=O)OC2=O. The summed E-state index contributed by atoms with van der Waals surface area (Å²) < 4.78 is 24.2. The van der Waals surface area contributed by atoms with Gasteiger partial charge in [0.05, 0.1) is 46.6 Å². The average Bonchev–Trinajstić information content (AvgIpc) is 3.26. The zero-order valence-corrected chi connectivity index (χ0v) is 16.8. The molecule has 2 aliphatic heterocycles. The van der Waals surface area contributed by atoms with Crippen molar-refractivity contribution in [1.29, 1.82) is 0 Å². The highest BCUT2D eigenvalue weighted by Gasteiger charge is 2.31. The fourth-order valence-electron chi connectivity index (χ4n) is 3.08. The Kier molecular flexibility index (Phi) is 5.96. The van der Waals surface area contributed by atoms with Crippen LogP contribution in [0.1, 0.15) is 62.1 Å². The van der Waals surface area contributed by atoms with Crippen LogP contribution in [0.25, 0.3) is 0 Å². The minimum atomic E-state index is -0.823. The van der Waals surface area contributed by atoms with E-state index >= 15 is 0 Å². The van der Waals surface area contributed by atoms with Gasteiger partial charge in [0, 0.05) is 0 Å². The average molecular weight is 454 g/mol. The Labute approximate surface area is 185 Å². The Morgan fingerprint density at radius 2 is 0.970 bits per heavy atom. The lowest BCUT2D eigenvalue weighted by Gasteiger charge is -2.08. The number of hydrogen-bond acceptors (Lipinski definition) is 11. The predicted molar refractivity (Wildman–Crippen MR) is 104 cm³/mol. The van der Waals surface area contributed by atoms with Gasteiger partial charge in [-0.3, -0.25) is 0 Å². The molecule has 0 bridgehead atoms. The van der Waals surface area contributed by atoms with Gasteiger partial charge in [-0.15, -0.1) is 0 Å². The van der Waals surface area contributed by atoms with Crippen LogP contribution in [-0.2, 0) is 23.7 Å². The van der Waals surface area contributed by atoms with Crippen molar-refractivity contribution < 1.29 is 52.5 Å². The van der Waals surface area contributed by atoms with Crippen molar-refractivity contribution in [3.05, 3.63) is 69.8 Å². The molecule has 2 aliphatic rings. The Morgan fingerprint density at radius 1 is 0.576 bits per heavy atom. The molecule has 0 saturated heterocycles. The van der Waals surface area contributed by atoms with E-state index in [1.165, 1.54) is 36.4 Å². The number of carbonyl (C=O) groups excluding carboxylic acids is 6. The maximum atomic E-state index is 12.1. The zero-order chi connectivity index (χ0) is 23.5. The summed E-state index contributed by atoms with van der Waals surface area (Å²) in [7, 11) is 0. The molecule has 0 amide bonds. The van der Waals surface area contributed by atoms with E-state index in [2.05, 4.69) is 9.47 Å². The van der Waals surface area contributed by atoms with Gasteiger partial charge in [0.25, 0.3) is 0 Å². The Hall–Kier alpha value is -4.38. The fourth-order valence-corrected chi connectivity index (χ4v) is 3.08. The third-order valence-corrected chi connectivity index (χ3v) is 4.68. The van der Waals surface area contributed by atoms with Crippen molar-refractivity contribution in [2.45, 2.75) is 0 Å². The third-order valence-electron chi connectivity index (χ3n) is 4.68. The molecule has 0 atom stereocenters. The number of esters is 6. The van der Waals surface area contributed by atoms with Gasteiger partial charge in [-0.2, -0.15) is 0 Å². The van der Waals surface area contributed by atoms with Crippen LogP contribution in [0.5, 0.6) is 0 Å². The van der Waals surface area contributed by atoms with E-state index in [-0.39, 0.29) is 59.8 Å². The smallest absolute Gasteiger partial charge is 0.346 e. The van der Waals surface area contributed by atoms with E-state index in [0.717, 1.165) is 0 Å². The molecule has 0 fully saturated rings. The molecule has 2 aromatic carbocycles. The largest absolute Gasteiger partial charge is 0.460 e. The highest BCUT2D eigenvalue weighted by molar-refractivity contribution is 6.16. The Balaban J connectivity index is 1.16. The van der Waals surface area contributed by atoms with E-state index < -0.39 is 35.8 Å². The molecule has 11 nitrogen and oxygen atoms in total. The zero-order valence-electron chi connectivity index (χ0n) is 16.8. The summed E-state index contributed by atoms with van der Waals surface area (Å²) in [5, 5.41) is 0. The van der Waals surface area contributed by atoms with Crippen molar-refractivity contribution in [1.82, 2.24) is 0 Å². The minimum absolute atomic E-state index is 0.000575. The number of ether oxygens (including phenoxy) is 5. The first-order valence-electron chi connectivity index (χ1n) is 9.58. The normalized spacial score (nSPS) is 13.8. The van der Waals surface area contributed by atoms with Crippen LogP contribution < -0.4 is 0 Å². The van der Waals surface area contributed by atoms with Crippen LogP contribution in [0.3, 0.4) is 0 Å². The topological polar surface area (TPSA) is 149 Å². The lowest BCUT2D eigenvalue weighted by Crippen LogP contribution is -2.15. The predicted octanol–water partition coefficient (Wildman–Crippen LogP) is 1.34. The second-order valence-electron chi connectivity index (χ2n) is 6.76. The van der Waals surface area contributed by atoms with Gasteiger partial charge >= 0.3 is 35.8 Å². The van der Waals surface area contributed by atoms with E-state index in [4.69, 9.17) is 14.2 Å². The van der Waals surface area contributed by atoms with Gasteiger partial charge in [-0.05, 0) is 36.4 Å². The van der Waals surface area contributed by atoms with Crippen LogP contribution in [0.2, 0.25) is 0 Å². The summed E-state index contributed by atoms with van der Waals surface area (Å²) in [6.07, 6.45) is 0. The van der Waals surface area contributed by atoms with E-state index in [9.17, 15) is 28.8 Å². The first-order valence-corrected chi connectivity index (χ1v) is 9.58. The highest BCUT2D eigenvalue weighted by Crippen LogP contribution is 2.22. The molecular formula is C22H14O11. The molecule has 0 spiro atoms. The molecule has 0 unspecified atom stereocenters. The van der Waals surface area contributed by atoms with Gasteiger partial charge in [-0.25, -0.2) is 28.8 Å². The Bertz CT molecular complexity index is 1120. The van der Waals surface area contributed by atoms with Gasteiger partial charge < -0.3 is 23.7 Å². The standard InChI is InChI=1S/C22H14O11/c23-17(11-1-3-13-15(9-11)21(27)32-19(13)25)30-7-5-29-6-8-31-18(24)12-2-4-14-16(10-12)22(28)33-20(14)26/h1-4,9-10H,5-8H2. The molecule has 0 saturated carbocycles. The maximum Gasteiger partial charge on any atom is 0.346 e. The summed E-state index contributed by atoms with van der Waals surface area (Å²) in [5.74, 6) is -4.61. The van der Waals surface area contributed by atoms with Crippen molar-refractivity contribution in [3.63, 3.8) is 0 Å². The molecular weight excluding hydrogens is 440 g/mol. The molecule has 0 radical (unpaired) electrons. The molecule has 4 rings (SSSR count). The molecule has 11 heteroatoms. The van der Waals surface area contributed by atoms with Crippen LogP contribution in [0, 0.1) is 0 Å². The summed E-state index contributed by atoms with van der Waals surface area (Å²) in [4.78, 5) is 70.0. The van der Waals surface area contributed by atoms with Gasteiger partial charge in [0.1, 0.15) is 13.2 Å². The Morgan fingerprint density at radius 3 is 1.39 bits per heavy atom. The second-order valence-corrected chi connectivity index (χ2v) is 6.76. The van der Waals surface area contributed by atoms with E-state index in [1.807, 2.05) is 0 Å². The first-order chi connectivity index (χ1) is 15.8. The third kappa shape index (κ3) is 4.48. The van der Waals surface area contributed by atoms with Crippen molar-refractivity contribution in [2.75, 3.05) is 26.4 Å². The summed E-state index contributed by atoms with van der Waals surface area (Å²) in [6.45, 7) is -0.175. The molecule has 0 N–H and O–H groups in total. The first kappa shape index (κ1) is 21.8. The van der Waals surface area contributed by atoms with Crippen LogP contribution in [0.4, 0.5) is 0 Å². The minimum Gasteiger partial charge on any atom is -0.460 e. The second kappa shape index (κ2) is 9.01. The molecule has 168 valence electrons. The maximum absolute atomic E-state index is 12.1. The lowest BCUT2D eigenvalue weighted by molar-refractivity contribution is 0.0150. The highest BCUT2D eigenvalue weighted by atomic mass is 16.6. The van der Waals surface area contributed by atoms with Crippen molar-refractivity contribution in [2.24, 2.45) is 0 Å². The van der Waals surface area contributed by atoms with Crippen LogP contribution in [0.15, 0.2) is 36.4 Å². The number of fused-ring (bicyclic) bond motifs is 2. The summed E-state index contributed by atoms with van der Waals surface area (Å²) in [5.41, 5.74) is 0.327. The van der Waals surface area contributed by atoms with Crippen molar-refractivity contribution >= 4 is 35.8 Å². The summed E-state index contributed by atoms with van der Waals surface area (Å²) in [6, 6.07) is 7.75. The van der Waals surface area contributed by atoms with Gasteiger partial charge in [0.2, 0.25) is 0 Å². The number of cyclic esters (lactones) is 4. The number of benzene rings is 2. The molecule has 2 heterocycles. The molecule has 0 aliphatic carbocycles. The van der Waals surface area contributed by atoms with Gasteiger partial charge in [0.15, 0.2) is 0 Å². The fraction of sp³-hybridized carbons (Fsp3) is 0.182. The number of carbonyl (C=O) groups is 6. The number of rotatable bonds is 8. The number of hydrogen-bond donors (Lipinski definition) is 0. The molecule has 33 heavy (non-hydrogen) atoms. The molecule has 0 aromatic heterocycles. The van der Waals surface area contributed by atoms with Crippen LogP contribution in [-0.4, -0.2) is 62.2 Å². The van der Waals surface area contributed by atoms with Crippen LogP contribution >= 0.6 is 0 Å². The molecule has 2 aromatic rings. The lowest BCUT2D eigenvalue weighted by atomic mass is 10.1. The monoisotopic (exact) mass is 454 g/mol. The van der Waals surface area contributed by atoms with E-state index in [1.54, 1.807) is 0 Å². The van der Waals surface area contributed by atoms with Crippen molar-refractivity contribution in [3.8, 4) is 0 Å². The van der Waals surface area contributed by atoms with E-state index in [0.29, 0.717) is 0 Å². The quantitative estimate of drug-likeness (QED) is 0.246. The summed E-state index contributed by atoms with van der Waals surface area (Å²) >= 11 is 0.